The van der Waals surface area contributed by atoms with Crippen molar-refractivity contribution in [1.82, 2.24) is 15.0 Å². The van der Waals surface area contributed by atoms with Gasteiger partial charge in [-0.25, -0.2) is 4.68 Å². The van der Waals surface area contributed by atoms with E-state index in [0.29, 0.717) is 11.4 Å². The van der Waals surface area contributed by atoms with Gasteiger partial charge < -0.3 is 5.32 Å². The minimum Gasteiger partial charge on any atom is -0.304 e. The highest BCUT2D eigenvalue weighted by Gasteiger charge is 2.14. The highest BCUT2D eigenvalue weighted by Crippen LogP contribution is 2.24. The van der Waals surface area contributed by atoms with Gasteiger partial charge >= 0.3 is 0 Å². The average molecular weight is 320 g/mol. The molecule has 0 atom stereocenters. The number of amides is 1. The van der Waals surface area contributed by atoms with Gasteiger partial charge in [0.1, 0.15) is 0 Å². The number of rotatable bonds is 4. The van der Waals surface area contributed by atoms with Crippen LogP contribution in [0.25, 0.3) is 11.1 Å². The van der Waals surface area contributed by atoms with Crippen LogP contribution < -0.4 is 5.32 Å². The molecule has 3 aromatic rings. The molecule has 1 aromatic heterocycles. The number of carbonyl (C=O) groups excluding carboxylic acids is 1. The fraction of sp³-hybridized carbons (Fsp3) is 0.211. The van der Waals surface area contributed by atoms with Crippen LogP contribution >= 0.6 is 0 Å². The molecule has 5 heteroatoms. The molecule has 122 valence electrons. The van der Waals surface area contributed by atoms with Crippen LogP contribution in [0.2, 0.25) is 0 Å². The number of hydrogen-bond acceptors (Lipinski definition) is 3. The summed E-state index contributed by atoms with van der Waals surface area (Å²) in [6, 6.07) is 15.9. The van der Waals surface area contributed by atoms with Crippen LogP contribution in [-0.2, 0) is 0 Å². The number of carbonyl (C=O) groups is 1. The minimum absolute atomic E-state index is 0.193. The third-order valence-corrected chi connectivity index (χ3v) is 3.82. The first-order chi connectivity index (χ1) is 11.5. The van der Waals surface area contributed by atoms with Gasteiger partial charge in [-0.05, 0) is 38.0 Å². The number of aromatic nitrogens is 3. The SMILES string of the molecule is Cc1ccc(-c2ccccc2C(=O)Nc2cn(C(C)C)nn2)cc1. The molecule has 2 aromatic carbocycles. The second kappa shape index (κ2) is 6.66. The first-order valence-corrected chi connectivity index (χ1v) is 7.94. The zero-order valence-corrected chi connectivity index (χ0v) is 14.0. The number of nitrogens with zero attached hydrogens (tertiary/aromatic N) is 3. The van der Waals surface area contributed by atoms with Crippen molar-refractivity contribution in [1.29, 1.82) is 0 Å². The largest absolute Gasteiger partial charge is 0.304 e. The molecule has 0 aliphatic heterocycles. The fourth-order valence-corrected chi connectivity index (χ4v) is 2.44. The summed E-state index contributed by atoms with van der Waals surface area (Å²) in [6.07, 6.45) is 1.73. The Balaban J connectivity index is 1.88. The summed E-state index contributed by atoms with van der Waals surface area (Å²) in [5.74, 6) is 0.259. The predicted molar refractivity (Wildman–Crippen MR) is 95.0 cm³/mol. The molecule has 0 saturated heterocycles. The molecule has 1 N–H and O–H groups in total. The lowest BCUT2D eigenvalue weighted by Crippen LogP contribution is -2.13. The van der Waals surface area contributed by atoms with Crippen molar-refractivity contribution < 1.29 is 4.79 Å². The van der Waals surface area contributed by atoms with Crippen molar-refractivity contribution in [3.8, 4) is 11.1 Å². The molecule has 0 spiro atoms. The van der Waals surface area contributed by atoms with Gasteiger partial charge in [-0.15, -0.1) is 5.10 Å². The van der Waals surface area contributed by atoms with Crippen molar-refractivity contribution in [2.24, 2.45) is 0 Å². The van der Waals surface area contributed by atoms with Crippen LogP contribution in [0.3, 0.4) is 0 Å². The van der Waals surface area contributed by atoms with Crippen LogP contribution in [0.15, 0.2) is 54.7 Å². The quantitative estimate of drug-likeness (QED) is 0.787. The summed E-state index contributed by atoms with van der Waals surface area (Å²) < 4.78 is 1.71. The third kappa shape index (κ3) is 3.35. The van der Waals surface area contributed by atoms with Crippen LogP contribution in [0.1, 0.15) is 35.8 Å². The summed E-state index contributed by atoms with van der Waals surface area (Å²) >= 11 is 0. The number of anilines is 1. The van der Waals surface area contributed by atoms with Gasteiger partial charge in [0.25, 0.3) is 5.91 Å². The second-order valence-electron chi connectivity index (χ2n) is 6.04. The number of hydrogen-bond donors (Lipinski definition) is 1. The highest BCUT2D eigenvalue weighted by molar-refractivity contribution is 6.08. The number of benzene rings is 2. The van der Waals surface area contributed by atoms with Gasteiger partial charge in [0.05, 0.1) is 6.20 Å². The van der Waals surface area contributed by atoms with E-state index in [0.717, 1.165) is 11.1 Å². The molecule has 0 fully saturated rings. The van der Waals surface area contributed by atoms with Gasteiger partial charge in [0.15, 0.2) is 5.82 Å². The lowest BCUT2D eigenvalue weighted by molar-refractivity contribution is 0.102. The second-order valence-corrected chi connectivity index (χ2v) is 6.04. The Morgan fingerprint density at radius 2 is 1.79 bits per heavy atom. The summed E-state index contributed by atoms with van der Waals surface area (Å²) in [5, 5.41) is 10.8. The van der Waals surface area contributed by atoms with Crippen molar-refractivity contribution in [2.45, 2.75) is 26.8 Å². The zero-order chi connectivity index (χ0) is 17.1. The van der Waals surface area contributed by atoms with Crippen LogP contribution in [0.5, 0.6) is 0 Å². The summed E-state index contributed by atoms with van der Waals surface area (Å²) in [6.45, 7) is 6.06. The van der Waals surface area contributed by atoms with Crippen molar-refractivity contribution in [3.05, 3.63) is 65.9 Å². The van der Waals surface area contributed by atoms with Crippen LogP contribution in [0, 0.1) is 6.92 Å². The maximum absolute atomic E-state index is 12.7. The third-order valence-electron chi connectivity index (χ3n) is 3.82. The maximum atomic E-state index is 12.7. The first kappa shape index (κ1) is 15.9. The van der Waals surface area contributed by atoms with Crippen LogP contribution in [-0.4, -0.2) is 20.9 Å². The zero-order valence-electron chi connectivity index (χ0n) is 14.0. The summed E-state index contributed by atoms with van der Waals surface area (Å²) in [7, 11) is 0. The van der Waals surface area contributed by atoms with Crippen molar-refractivity contribution in [3.63, 3.8) is 0 Å². The molecular formula is C19H20N4O. The normalized spacial score (nSPS) is 10.8. The molecule has 1 heterocycles. The van der Waals surface area contributed by atoms with Gasteiger partial charge in [-0.3, -0.25) is 4.79 Å². The Hall–Kier alpha value is -2.95. The van der Waals surface area contributed by atoms with Crippen molar-refractivity contribution in [2.75, 3.05) is 5.32 Å². The minimum atomic E-state index is -0.193. The Morgan fingerprint density at radius 1 is 1.08 bits per heavy atom. The Morgan fingerprint density at radius 3 is 2.46 bits per heavy atom. The smallest absolute Gasteiger partial charge is 0.257 e. The van der Waals surface area contributed by atoms with E-state index in [-0.39, 0.29) is 11.9 Å². The molecule has 0 bridgehead atoms. The summed E-state index contributed by atoms with van der Waals surface area (Å²) in [4.78, 5) is 12.7. The van der Waals surface area contributed by atoms with E-state index in [2.05, 4.69) is 15.6 Å². The molecule has 24 heavy (non-hydrogen) atoms. The summed E-state index contributed by atoms with van der Waals surface area (Å²) in [5.41, 5.74) is 3.70. The lowest BCUT2D eigenvalue weighted by atomic mass is 9.98. The first-order valence-electron chi connectivity index (χ1n) is 7.94. The molecule has 1 amide bonds. The fourth-order valence-electron chi connectivity index (χ4n) is 2.44. The highest BCUT2D eigenvalue weighted by atomic mass is 16.1. The molecule has 0 aliphatic rings. The topological polar surface area (TPSA) is 59.8 Å². The number of aryl methyl sites for hydroxylation is 1. The van der Waals surface area contributed by atoms with Crippen molar-refractivity contribution >= 4 is 11.7 Å². The van der Waals surface area contributed by atoms with E-state index in [9.17, 15) is 4.79 Å². The Bertz CT molecular complexity index is 850. The standard InChI is InChI=1S/C19H20N4O/c1-13(2)23-12-18(21-22-23)20-19(24)17-7-5-4-6-16(17)15-10-8-14(3)9-11-15/h4-13H,1-3H3,(H,20,24). The Labute approximate surface area is 141 Å². The predicted octanol–water partition coefficient (Wildman–Crippen LogP) is 4.09. The number of nitrogens with one attached hydrogen (secondary N) is 1. The lowest BCUT2D eigenvalue weighted by Gasteiger charge is -2.09. The van der Waals surface area contributed by atoms with E-state index in [4.69, 9.17) is 0 Å². The van der Waals surface area contributed by atoms with E-state index < -0.39 is 0 Å². The van der Waals surface area contributed by atoms with Crippen LogP contribution in [0.4, 0.5) is 5.82 Å². The van der Waals surface area contributed by atoms with Gasteiger partial charge in [-0.2, -0.15) is 0 Å². The van der Waals surface area contributed by atoms with Gasteiger partial charge in [-0.1, -0.05) is 53.2 Å². The van der Waals surface area contributed by atoms with E-state index in [1.165, 1.54) is 5.56 Å². The van der Waals surface area contributed by atoms with E-state index >= 15 is 0 Å². The molecule has 0 saturated carbocycles. The molecule has 0 aliphatic carbocycles. The van der Waals surface area contributed by atoms with E-state index in [1.807, 2.05) is 69.3 Å². The maximum Gasteiger partial charge on any atom is 0.257 e. The van der Waals surface area contributed by atoms with Gasteiger partial charge in [0.2, 0.25) is 0 Å². The molecule has 5 nitrogen and oxygen atoms in total. The average Bonchev–Trinajstić information content (AvgIpc) is 3.04. The van der Waals surface area contributed by atoms with Gasteiger partial charge in [0, 0.05) is 11.6 Å². The molecule has 0 radical (unpaired) electrons. The molecule has 0 unspecified atom stereocenters. The Kier molecular flexibility index (Phi) is 4.42. The van der Waals surface area contributed by atoms with E-state index in [1.54, 1.807) is 10.9 Å². The molecular weight excluding hydrogens is 300 g/mol. The molecule has 3 rings (SSSR count). The monoisotopic (exact) mass is 320 g/mol.